The van der Waals surface area contributed by atoms with Crippen LogP contribution in [0.1, 0.15) is 12.5 Å². The molecule has 0 heterocycles. The van der Waals surface area contributed by atoms with Gasteiger partial charge in [0.25, 0.3) is 0 Å². The van der Waals surface area contributed by atoms with Crippen molar-refractivity contribution in [1.29, 1.82) is 0 Å². The van der Waals surface area contributed by atoms with Crippen molar-refractivity contribution in [2.24, 2.45) is 0 Å². The number of nitrogens with one attached hydrogen (secondary N) is 1. The number of ether oxygens (including phenoxy) is 2. The molecule has 1 amide bonds. The molecule has 0 saturated heterocycles. The predicted octanol–water partition coefficient (Wildman–Crippen LogP) is 3.96. The van der Waals surface area contributed by atoms with Crippen molar-refractivity contribution in [2.45, 2.75) is 13.5 Å². The van der Waals surface area contributed by atoms with Crippen LogP contribution in [-0.4, -0.2) is 38.1 Å². The maximum absolute atomic E-state index is 13.8. The van der Waals surface area contributed by atoms with Crippen molar-refractivity contribution in [2.75, 3.05) is 32.6 Å². The van der Waals surface area contributed by atoms with Crippen LogP contribution in [0.2, 0.25) is 5.02 Å². The van der Waals surface area contributed by atoms with Gasteiger partial charge in [0, 0.05) is 12.2 Å². The third kappa shape index (κ3) is 5.34. The van der Waals surface area contributed by atoms with Crippen LogP contribution in [0.4, 0.5) is 10.1 Å². The topological polar surface area (TPSA) is 50.8 Å². The summed E-state index contributed by atoms with van der Waals surface area (Å²) in [4.78, 5) is 14.2. The van der Waals surface area contributed by atoms with E-state index in [0.29, 0.717) is 29.5 Å². The second-order valence-electron chi connectivity index (χ2n) is 5.67. The van der Waals surface area contributed by atoms with Gasteiger partial charge in [-0.05, 0) is 42.4 Å². The van der Waals surface area contributed by atoms with E-state index in [2.05, 4.69) is 5.32 Å². The largest absolute Gasteiger partial charge is 0.495 e. The Hall–Kier alpha value is -2.31. The fourth-order valence-electron chi connectivity index (χ4n) is 2.49. The van der Waals surface area contributed by atoms with Crippen molar-refractivity contribution in [3.8, 4) is 11.5 Å². The number of amides is 1. The molecule has 0 unspecified atom stereocenters. The number of benzene rings is 2. The molecule has 0 aliphatic heterocycles. The summed E-state index contributed by atoms with van der Waals surface area (Å²) in [6.07, 6.45) is 0. The minimum atomic E-state index is -0.418. The molecule has 0 spiro atoms. The molecule has 2 aromatic carbocycles. The number of likely N-dealkylation sites (N-methyl/N-ethyl adjacent to an activating group) is 1. The minimum Gasteiger partial charge on any atom is -0.495 e. The number of carbonyl (C=O) groups excluding carboxylic acids is 1. The summed E-state index contributed by atoms with van der Waals surface area (Å²) >= 11 is 6.06. The van der Waals surface area contributed by atoms with E-state index >= 15 is 0 Å². The number of rotatable bonds is 8. The van der Waals surface area contributed by atoms with Gasteiger partial charge < -0.3 is 14.8 Å². The van der Waals surface area contributed by atoms with Crippen molar-refractivity contribution in [3.63, 3.8) is 0 Å². The fraction of sp³-hybridized carbons (Fsp3) is 0.316. The lowest BCUT2D eigenvalue weighted by Crippen LogP contribution is -2.32. The highest BCUT2D eigenvalue weighted by Crippen LogP contribution is 2.27. The van der Waals surface area contributed by atoms with Crippen LogP contribution < -0.4 is 14.8 Å². The van der Waals surface area contributed by atoms with Crippen LogP contribution in [0.3, 0.4) is 0 Å². The third-order valence-corrected chi connectivity index (χ3v) is 4.17. The van der Waals surface area contributed by atoms with Crippen LogP contribution in [0.15, 0.2) is 36.4 Å². The summed E-state index contributed by atoms with van der Waals surface area (Å²) in [6, 6.07) is 9.83. The molecule has 5 nitrogen and oxygen atoms in total. The van der Waals surface area contributed by atoms with Crippen molar-refractivity contribution < 1.29 is 18.7 Å². The summed E-state index contributed by atoms with van der Waals surface area (Å²) in [6.45, 7) is 3.21. The Morgan fingerprint density at radius 3 is 2.42 bits per heavy atom. The lowest BCUT2D eigenvalue weighted by molar-refractivity contribution is -0.117. The van der Waals surface area contributed by atoms with Gasteiger partial charge in [0.15, 0.2) is 11.6 Å². The van der Waals surface area contributed by atoms with E-state index in [1.165, 1.54) is 20.3 Å². The zero-order chi connectivity index (χ0) is 19.1. The first kappa shape index (κ1) is 20.0. The van der Waals surface area contributed by atoms with Crippen LogP contribution in [0, 0.1) is 5.82 Å². The number of hydrogen-bond acceptors (Lipinski definition) is 4. The molecule has 0 aliphatic rings. The molecule has 0 aliphatic carbocycles. The van der Waals surface area contributed by atoms with E-state index in [4.69, 9.17) is 21.1 Å². The molecule has 0 aromatic heterocycles. The Morgan fingerprint density at radius 1 is 1.15 bits per heavy atom. The molecule has 140 valence electrons. The molecular formula is C19H22ClFN2O3. The highest BCUT2D eigenvalue weighted by atomic mass is 35.5. The number of carbonyl (C=O) groups is 1. The maximum atomic E-state index is 13.8. The van der Waals surface area contributed by atoms with E-state index in [-0.39, 0.29) is 18.2 Å². The smallest absolute Gasteiger partial charge is 0.238 e. The maximum Gasteiger partial charge on any atom is 0.238 e. The standard InChI is InChI=1S/C19H22ClFN2O3/c1-4-23(11-13-5-7-18(26-3)16(21)9-13)12-19(24)22-14-6-8-17(25-2)15(20)10-14/h5-10H,4,11-12H2,1-3H3,(H,22,24). The predicted molar refractivity (Wildman–Crippen MR) is 101 cm³/mol. The van der Waals surface area contributed by atoms with Gasteiger partial charge in [-0.2, -0.15) is 0 Å². The molecule has 0 radical (unpaired) electrons. The zero-order valence-corrected chi connectivity index (χ0v) is 15.8. The number of methoxy groups -OCH3 is 2. The molecule has 0 saturated carbocycles. The van der Waals surface area contributed by atoms with E-state index in [1.807, 2.05) is 11.8 Å². The van der Waals surface area contributed by atoms with Gasteiger partial charge in [-0.1, -0.05) is 24.6 Å². The quantitative estimate of drug-likeness (QED) is 0.753. The second kappa shape index (κ2) is 9.40. The molecule has 26 heavy (non-hydrogen) atoms. The molecule has 1 N–H and O–H groups in total. The van der Waals surface area contributed by atoms with Crippen LogP contribution >= 0.6 is 11.6 Å². The fourth-order valence-corrected chi connectivity index (χ4v) is 2.75. The molecule has 2 rings (SSSR count). The molecule has 0 bridgehead atoms. The van der Waals surface area contributed by atoms with Crippen LogP contribution in [-0.2, 0) is 11.3 Å². The van der Waals surface area contributed by atoms with E-state index < -0.39 is 5.82 Å². The van der Waals surface area contributed by atoms with Gasteiger partial charge in [-0.3, -0.25) is 9.69 Å². The first-order chi connectivity index (χ1) is 12.5. The Morgan fingerprint density at radius 2 is 1.85 bits per heavy atom. The lowest BCUT2D eigenvalue weighted by Gasteiger charge is -2.20. The first-order valence-electron chi connectivity index (χ1n) is 8.15. The molecular weight excluding hydrogens is 359 g/mol. The highest BCUT2D eigenvalue weighted by molar-refractivity contribution is 6.32. The number of anilines is 1. The number of halogens is 2. The average Bonchev–Trinajstić information content (AvgIpc) is 2.61. The van der Waals surface area contributed by atoms with Crippen molar-refractivity contribution in [3.05, 3.63) is 52.8 Å². The Labute approximate surface area is 157 Å². The molecule has 2 aromatic rings. The number of nitrogens with zero attached hydrogens (tertiary/aromatic N) is 1. The number of hydrogen-bond donors (Lipinski definition) is 1. The Bertz CT molecular complexity index is 770. The first-order valence-corrected chi connectivity index (χ1v) is 8.52. The molecule has 0 fully saturated rings. The summed E-state index contributed by atoms with van der Waals surface area (Å²) < 4.78 is 23.8. The Balaban J connectivity index is 1.97. The summed E-state index contributed by atoms with van der Waals surface area (Å²) in [5, 5.41) is 3.22. The minimum absolute atomic E-state index is 0.174. The van der Waals surface area contributed by atoms with Gasteiger partial charge in [-0.15, -0.1) is 0 Å². The SMILES string of the molecule is CCN(CC(=O)Nc1ccc(OC)c(Cl)c1)Cc1ccc(OC)c(F)c1. The average molecular weight is 381 g/mol. The summed E-state index contributed by atoms with van der Waals surface area (Å²) in [7, 11) is 2.95. The monoisotopic (exact) mass is 380 g/mol. The van der Waals surface area contributed by atoms with Gasteiger partial charge in [-0.25, -0.2) is 4.39 Å². The van der Waals surface area contributed by atoms with Gasteiger partial charge >= 0.3 is 0 Å². The van der Waals surface area contributed by atoms with Crippen molar-refractivity contribution in [1.82, 2.24) is 4.90 Å². The Kier molecular flexibility index (Phi) is 7.24. The molecule has 0 atom stereocenters. The summed E-state index contributed by atoms with van der Waals surface area (Å²) in [5.74, 6) is 0.146. The van der Waals surface area contributed by atoms with Gasteiger partial charge in [0.2, 0.25) is 5.91 Å². The van der Waals surface area contributed by atoms with E-state index in [0.717, 1.165) is 5.56 Å². The van der Waals surface area contributed by atoms with Crippen LogP contribution in [0.5, 0.6) is 11.5 Å². The molecule has 7 heteroatoms. The van der Waals surface area contributed by atoms with E-state index in [1.54, 1.807) is 30.3 Å². The summed E-state index contributed by atoms with van der Waals surface area (Å²) in [5.41, 5.74) is 1.36. The van der Waals surface area contributed by atoms with Crippen LogP contribution in [0.25, 0.3) is 0 Å². The van der Waals surface area contributed by atoms with Gasteiger partial charge in [0.05, 0.1) is 25.8 Å². The third-order valence-electron chi connectivity index (χ3n) is 3.87. The second-order valence-corrected chi connectivity index (χ2v) is 6.08. The lowest BCUT2D eigenvalue weighted by atomic mass is 10.2. The van der Waals surface area contributed by atoms with Crippen molar-refractivity contribution >= 4 is 23.2 Å². The van der Waals surface area contributed by atoms with E-state index in [9.17, 15) is 9.18 Å². The zero-order valence-electron chi connectivity index (χ0n) is 15.0. The normalized spacial score (nSPS) is 10.7. The van der Waals surface area contributed by atoms with Gasteiger partial charge in [0.1, 0.15) is 5.75 Å². The highest BCUT2D eigenvalue weighted by Gasteiger charge is 2.12.